The number of rotatable bonds is 8. The normalized spacial score (nSPS) is 19.7. The molecule has 1 unspecified atom stereocenters. The zero-order chi connectivity index (χ0) is 24.6. The first-order valence-corrected chi connectivity index (χ1v) is 15.3. The topological polar surface area (TPSA) is 55.9 Å². The van der Waals surface area contributed by atoms with Crippen LogP contribution >= 0.6 is 0 Å². The van der Waals surface area contributed by atoms with Gasteiger partial charge in [0.05, 0.1) is 11.0 Å². The van der Waals surface area contributed by atoms with Crippen molar-refractivity contribution in [3.63, 3.8) is 0 Å². The van der Waals surface area contributed by atoms with E-state index in [0.717, 1.165) is 0 Å². The summed E-state index contributed by atoms with van der Waals surface area (Å²) in [7, 11) is -6.44. The number of hydrogen-bond acceptors (Lipinski definition) is 4. The lowest BCUT2D eigenvalue weighted by Crippen LogP contribution is -2.68. The molecule has 0 spiro atoms. The van der Waals surface area contributed by atoms with Crippen molar-refractivity contribution in [2.75, 3.05) is 0 Å². The van der Waals surface area contributed by atoms with Gasteiger partial charge in [-0.05, 0) is 33.5 Å². The van der Waals surface area contributed by atoms with E-state index in [0.29, 0.717) is 0 Å². The van der Waals surface area contributed by atoms with E-state index in [1.54, 1.807) is 24.3 Å². The van der Waals surface area contributed by atoms with Crippen molar-refractivity contribution in [1.82, 2.24) is 0 Å². The van der Waals surface area contributed by atoms with Gasteiger partial charge in [0.15, 0.2) is 5.44 Å². The standard InChI is InChI=1S/C28H34O4SSi/c1-21(2)25(26-27(31-26)33(29,30)22-15-9-6-10-16-22)32-34(28(3,4)5,23-17-11-7-12-18-23)24-19-13-8-14-20-24/h6-21,25-27H,1-5H3/t25?,26-,27-/m1/s1. The van der Waals surface area contributed by atoms with E-state index in [4.69, 9.17) is 9.16 Å². The Morgan fingerprint density at radius 1 is 0.794 bits per heavy atom. The quantitative estimate of drug-likeness (QED) is 0.334. The Hall–Kier alpha value is -2.25. The SMILES string of the molecule is CC(C)C(O[Si](c1ccccc1)(c1ccccc1)C(C)(C)C)[C@H]1O[C@@H]1S(=O)(=O)c1ccccc1. The molecule has 1 aliphatic rings. The second kappa shape index (κ2) is 9.42. The molecule has 4 rings (SSSR count). The van der Waals surface area contributed by atoms with Gasteiger partial charge < -0.3 is 9.16 Å². The molecule has 0 aromatic heterocycles. The molecular formula is C28H34O4SSi. The Bertz CT molecular complexity index is 1150. The molecule has 0 bridgehead atoms. The van der Waals surface area contributed by atoms with E-state index in [1.807, 2.05) is 18.2 Å². The van der Waals surface area contributed by atoms with Gasteiger partial charge in [0.1, 0.15) is 6.10 Å². The van der Waals surface area contributed by atoms with Crippen LogP contribution in [0.1, 0.15) is 34.6 Å². The number of hydrogen-bond donors (Lipinski definition) is 0. The van der Waals surface area contributed by atoms with Crippen LogP contribution in [0.15, 0.2) is 95.9 Å². The van der Waals surface area contributed by atoms with Crippen LogP contribution in [-0.4, -0.2) is 34.4 Å². The number of ether oxygens (including phenoxy) is 1. The van der Waals surface area contributed by atoms with Gasteiger partial charge in [-0.2, -0.15) is 0 Å². The van der Waals surface area contributed by atoms with Crippen molar-refractivity contribution >= 4 is 28.5 Å². The van der Waals surface area contributed by atoms with Gasteiger partial charge in [0.2, 0.25) is 9.84 Å². The number of epoxide rings is 1. The lowest BCUT2D eigenvalue weighted by molar-refractivity contribution is 0.106. The molecule has 0 N–H and O–H groups in total. The fourth-order valence-corrected chi connectivity index (χ4v) is 11.2. The third-order valence-corrected chi connectivity index (χ3v) is 13.5. The monoisotopic (exact) mass is 494 g/mol. The van der Waals surface area contributed by atoms with Crippen LogP contribution in [0.5, 0.6) is 0 Å². The second-order valence-electron chi connectivity index (χ2n) is 10.3. The Kier molecular flexibility index (Phi) is 6.89. The number of sulfone groups is 1. The van der Waals surface area contributed by atoms with Crippen LogP contribution in [0.25, 0.3) is 0 Å². The molecule has 34 heavy (non-hydrogen) atoms. The summed E-state index contributed by atoms with van der Waals surface area (Å²) in [5.41, 5.74) is -0.888. The minimum atomic E-state index is -3.60. The third kappa shape index (κ3) is 4.52. The minimum absolute atomic E-state index is 0.0719. The largest absolute Gasteiger partial charge is 0.401 e. The molecule has 0 aliphatic carbocycles. The molecule has 1 aliphatic heterocycles. The molecule has 3 aromatic rings. The van der Waals surface area contributed by atoms with E-state index in [9.17, 15) is 8.42 Å². The molecule has 4 nitrogen and oxygen atoms in total. The Balaban J connectivity index is 1.77. The summed E-state index contributed by atoms with van der Waals surface area (Å²) < 4.78 is 39.7. The Morgan fingerprint density at radius 3 is 1.65 bits per heavy atom. The maximum absolute atomic E-state index is 13.3. The molecular weight excluding hydrogens is 460 g/mol. The summed E-state index contributed by atoms with van der Waals surface area (Å²) in [6.07, 6.45) is -0.873. The smallest absolute Gasteiger partial charge is 0.261 e. The van der Waals surface area contributed by atoms with Crippen molar-refractivity contribution in [2.24, 2.45) is 5.92 Å². The predicted molar refractivity (Wildman–Crippen MR) is 140 cm³/mol. The lowest BCUT2D eigenvalue weighted by atomic mass is 10.1. The summed E-state index contributed by atoms with van der Waals surface area (Å²) >= 11 is 0. The van der Waals surface area contributed by atoms with E-state index < -0.39 is 29.7 Å². The highest BCUT2D eigenvalue weighted by Gasteiger charge is 2.59. The van der Waals surface area contributed by atoms with Gasteiger partial charge in [-0.3, -0.25) is 0 Å². The highest BCUT2D eigenvalue weighted by molar-refractivity contribution is 7.92. The van der Waals surface area contributed by atoms with E-state index >= 15 is 0 Å². The molecule has 0 amide bonds. The van der Waals surface area contributed by atoms with Crippen molar-refractivity contribution in [3.8, 4) is 0 Å². The summed E-state index contributed by atoms with van der Waals surface area (Å²) in [5, 5.41) is 2.14. The molecule has 180 valence electrons. The maximum Gasteiger partial charge on any atom is 0.261 e. The highest BCUT2D eigenvalue weighted by atomic mass is 32.2. The van der Waals surface area contributed by atoms with Gasteiger partial charge in [-0.15, -0.1) is 0 Å². The average Bonchev–Trinajstić information content (AvgIpc) is 3.62. The highest BCUT2D eigenvalue weighted by Crippen LogP contribution is 2.43. The zero-order valence-corrected chi connectivity index (χ0v) is 22.3. The molecule has 1 saturated heterocycles. The zero-order valence-electron chi connectivity index (χ0n) is 20.5. The van der Waals surface area contributed by atoms with Crippen LogP contribution in [0.2, 0.25) is 5.04 Å². The fourth-order valence-electron chi connectivity index (χ4n) is 4.81. The van der Waals surface area contributed by atoms with Crippen LogP contribution in [0.4, 0.5) is 0 Å². The van der Waals surface area contributed by atoms with Crippen molar-refractivity contribution < 1.29 is 17.6 Å². The van der Waals surface area contributed by atoms with Crippen molar-refractivity contribution in [2.45, 2.75) is 62.2 Å². The van der Waals surface area contributed by atoms with E-state index in [1.165, 1.54) is 10.4 Å². The van der Waals surface area contributed by atoms with Gasteiger partial charge in [0.25, 0.3) is 8.32 Å². The van der Waals surface area contributed by atoms with Gasteiger partial charge in [-0.25, -0.2) is 8.42 Å². The van der Waals surface area contributed by atoms with Crippen molar-refractivity contribution in [3.05, 3.63) is 91.0 Å². The molecule has 1 heterocycles. The van der Waals surface area contributed by atoms with Gasteiger partial charge in [0, 0.05) is 0 Å². The first kappa shape index (κ1) is 24.9. The average molecular weight is 495 g/mol. The summed E-state index contributed by atoms with van der Waals surface area (Å²) in [4.78, 5) is 0.287. The fraction of sp³-hybridized carbons (Fsp3) is 0.357. The molecule has 0 saturated carbocycles. The second-order valence-corrected chi connectivity index (χ2v) is 16.6. The first-order valence-electron chi connectivity index (χ1n) is 11.8. The number of benzene rings is 3. The Labute approximate surface area is 205 Å². The summed E-state index contributed by atoms with van der Waals surface area (Å²) in [5.74, 6) is 0.0719. The summed E-state index contributed by atoms with van der Waals surface area (Å²) in [6.45, 7) is 10.8. The molecule has 3 aromatic carbocycles. The van der Waals surface area contributed by atoms with Crippen LogP contribution < -0.4 is 10.4 Å². The van der Waals surface area contributed by atoms with Gasteiger partial charge in [-0.1, -0.05) is 113 Å². The minimum Gasteiger partial charge on any atom is -0.401 e. The van der Waals surface area contributed by atoms with Crippen LogP contribution in [-0.2, 0) is 19.0 Å². The maximum atomic E-state index is 13.3. The van der Waals surface area contributed by atoms with Crippen LogP contribution in [0.3, 0.4) is 0 Å². The van der Waals surface area contributed by atoms with E-state index in [-0.39, 0.29) is 22.0 Å². The molecule has 6 heteroatoms. The lowest BCUT2D eigenvalue weighted by Gasteiger charge is -2.45. The van der Waals surface area contributed by atoms with Crippen LogP contribution in [0, 0.1) is 5.92 Å². The Morgan fingerprint density at radius 2 is 1.24 bits per heavy atom. The van der Waals surface area contributed by atoms with E-state index in [2.05, 4.69) is 83.1 Å². The first-order chi connectivity index (χ1) is 16.1. The molecule has 3 atom stereocenters. The van der Waals surface area contributed by atoms with Gasteiger partial charge >= 0.3 is 0 Å². The van der Waals surface area contributed by atoms with Crippen molar-refractivity contribution in [1.29, 1.82) is 0 Å². The summed E-state index contributed by atoms with van der Waals surface area (Å²) in [6, 6.07) is 29.4. The third-order valence-electron chi connectivity index (χ3n) is 6.57. The molecule has 1 fully saturated rings. The predicted octanol–water partition coefficient (Wildman–Crippen LogP) is 4.79. The molecule has 0 radical (unpaired) electrons.